The highest BCUT2D eigenvalue weighted by molar-refractivity contribution is 7.99. The molecule has 0 spiro atoms. The first kappa shape index (κ1) is 20.1. The SMILES string of the molecule is CCCOc1ccc(-c2cc(C(F)(F)F)c(C#N)c(SCCC)n2)cc1. The fourth-order valence-corrected chi connectivity index (χ4v) is 3.11. The summed E-state index contributed by atoms with van der Waals surface area (Å²) in [5.41, 5.74) is -0.628. The Labute approximate surface area is 155 Å². The van der Waals surface area contributed by atoms with E-state index in [4.69, 9.17) is 4.74 Å². The molecule has 0 saturated heterocycles. The maximum absolute atomic E-state index is 13.4. The zero-order valence-electron chi connectivity index (χ0n) is 14.6. The summed E-state index contributed by atoms with van der Waals surface area (Å²) in [4.78, 5) is 4.32. The lowest BCUT2D eigenvalue weighted by Crippen LogP contribution is -2.10. The molecule has 0 atom stereocenters. The average molecular weight is 380 g/mol. The number of alkyl halides is 3. The Balaban J connectivity index is 2.49. The molecule has 7 heteroatoms. The summed E-state index contributed by atoms with van der Waals surface area (Å²) in [6.07, 6.45) is -2.98. The van der Waals surface area contributed by atoms with Crippen molar-refractivity contribution in [3.63, 3.8) is 0 Å². The number of pyridine rings is 1. The third-order valence-electron chi connectivity index (χ3n) is 3.47. The molecule has 0 fully saturated rings. The van der Waals surface area contributed by atoms with E-state index >= 15 is 0 Å². The van der Waals surface area contributed by atoms with E-state index in [1.807, 2.05) is 13.8 Å². The van der Waals surface area contributed by atoms with Crippen LogP contribution in [0.5, 0.6) is 5.75 Å². The molecule has 0 N–H and O–H groups in total. The van der Waals surface area contributed by atoms with Gasteiger partial charge in [-0.15, -0.1) is 11.8 Å². The van der Waals surface area contributed by atoms with Crippen LogP contribution in [0.2, 0.25) is 0 Å². The van der Waals surface area contributed by atoms with E-state index in [2.05, 4.69) is 4.98 Å². The minimum Gasteiger partial charge on any atom is -0.494 e. The lowest BCUT2D eigenvalue weighted by Gasteiger charge is -2.14. The predicted octanol–water partition coefficient (Wildman–Crippen LogP) is 5.93. The molecule has 2 rings (SSSR count). The molecule has 0 saturated carbocycles. The van der Waals surface area contributed by atoms with Crippen molar-refractivity contribution >= 4 is 11.8 Å². The molecule has 1 heterocycles. The number of ether oxygens (including phenoxy) is 1. The number of hydrogen-bond donors (Lipinski definition) is 0. The molecule has 0 aliphatic rings. The van der Waals surface area contributed by atoms with Crippen LogP contribution in [0.3, 0.4) is 0 Å². The topological polar surface area (TPSA) is 45.9 Å². The van der Waals surface area contributed by atoms with Crippen LogP contribution in [0.15, 0.2) is 35.4 Å². The lowest BCUT2D eigenvalue weighted by atomic mass is 10.1. The number of nitriles is 1. The summed E-state index contributed by atoms with van der Waals surface area (Å²) in [6.45, 7) is 4.48. The van der Waals surface area contributed by atoms with Gasteiger partial charge < -0.3 is 4.74 Å². The smallest absolute Gasteiger partial charge is 0.417 e. The van der Waals surface area contributed by atoms with Gasteiger partial charge in [-0.2, -0.15) is 18.4 Å². The number of rotatable bonds is 7. The maximum atomic E-state index is 13.4. The van der Waals surface area contributed by atoms with Gasteiger partial charge in [0.15, 0.2) is 0 Å². The van der Waals surface area contributed by atoms with Crippen LogP contribution in [-0.2, 0) is 6.18 Å². The highest BCUT2D eigenvalue weighted by Crippen LogP contribution is 2.38. The van der Waals surface area contributed by atoms with Crippen LogP contribution in [0, 0.1) is 11.3 Å². The Morgan fingerprint density at radius 3 is 2.38 bits per heavy atom. The molecule has 2 aromatic rings. The minimum atomic E-state index is -4.62. The normalized spacial score (nSPS) is 11.2. The molecule has 0 aliphatic heterocycles. The molecule has 0 amide bonds. The van der Waals surface area contributed by atoms with Crippen molar-refractivity contribution < 1.29 is 17.9 Å². The Hall–Kier alpha value is -2.20. The number of benzene rings is 1. The highest BCUT2D eigenvalue weighted by atomic mass is 32.2. The molecule has 26 heavy (non-hydrogen) atoms. The zero-order chi connectivity index (χ0) is 19.2. The molecule has 1 aromatic carbocycles. The van der Waals surface area contributed by atoms with Gasteiger partial charge in [0.1, 0.15) is 16.8 Å². The zero-order valence-corrected chi connectivity index (χ0v) is 15.4. The Kier molecular flexibility index (Phi) is 6.92. The Morgan fingerprint density at radius 1 is 1.15 bits per heavy atom. The lowest BCUT2D eigenvalue weighted by molar-refractivity contribution is -0.138. The second-order valence-electron chi connectivity index (χ2n) is 5.57. The molecule has 3 nitrogen and oxygen atoms in total. The Bertz CT molecular complexity index is 783. The molecule has 0 aliphatic carbocycles. The first-order chi connectivity index (χ1) is 12.4. The second-order valence-corrected chi connectivity index (χ2v) is 6.65. The van der Waals surface area contributed by atoms with Gasteiger partial charge in [0.2, 0.25) is 0 Å². The van der Waals surface area contributed by atoms with Gasteiger partial charge in [0.25, 0.3) is 0 Å². The van der Waals surface area contributed by atoms with Crippen molar-refractivity contribution in [2.24, 2.45) is 0 Å². The van der Waals surface area contributed by atoms with Crippen LogP contribution < -0.4 is 4.74 Å². The number of aromatic nitrogens is 1. The van der Waals surface area contributed by atoms with Gasteiger partial charge >= 0.3 is 6.18 Å². The van der Waals surface area contributed by atoms with Gasteiger partial charge in [0, 0.05) is 5.56 Å². The van der Waals surface area contributed by atoms with E-state index in [0.29, 0.717) is 23.7 Å². The number of halogens is 3. The summed E-state index contributed by atoms with van der Waals surface area (Å²) >= 11 is 1.17. The van der Waals surface area contributed by atoms with Crippen LogP contribution in [0.25, 0.3) is 11.3 Å². The van der Waals surface area contributed by atoms with Crippen molar-refractivity contribution in [2.45, 2.75) is 37.9 Å². The maximum Gasteiger partial charge on any atom is 0.417 e. The predicted molar refractivity (Wildman–Crippen MR) is 96.2 cm³/mol. The third-order valence-corrected chi connectivity index (χ3v) is 4.65. The fourth-order valence-electron chi connectivity index (χ4n) is 2.25. The summed E-state index contributed by atoms with van der Waals surface area (Å²) in [5.74, 6) is 1.24. The van der Waals surface area contributed by atoms with Crippen LogP contribution in [-0.4, -0.2) is 17.3 Å². The molecule has 0 unspecified atom stereocenters. The molecule has 0 bridgehead atoms. The average Bonchev–Trinajstić information content (AvgIpc) is 2.63. The number of hydrogen-bond acceptors (Lipinski definition) is 4. The van der Waals surface area contributed by atoms with Gasteiger partial charge in [-0.05, 0) is 48.9 Å². The van der Waals surface area contributed by atoms with E-state index in [1.54, 1.807) is 30.3 Å². The van der Waals surface area contributed by atoms with Crippen molar-refractivity contribution in [3.8, 4) is 23.1 Å². The summed E-state index contributed by atoms with van der Waals surface area (Å²) in [6, 6.07) is 9.37. The summed E-state index contributed by atoms with van der Waals surface area (Å²) in [5, 5.41) is 9.34. The van der Waals surface area contributed by atoms with Gasteiger partial charge in [-0.1, -0.05) is 13.8 Å². The fraction of sp³-hybridized carbons (Fsp3) is 0.368. The third kappa shape index (κ3) is 4.92. The van der Waals surface area contributed by atoms with Crippen LogP contribution >= 0.6 is 11.8 Å². The van der Waals surface area contributed by atoms with E-state index in [-0.39, 0.29) is 10.7 Å². The standard InChI is InChI=1S/C19H19F3N2OS/c1-3-9-25-14-7-5-13(6-8-14)17-11-16(19(20,21)22)15(12-23)18(24-17)26-10-4-2/h5-8,11H,3-4,9-10H2,1-2H3. The van der Waals surface area contributed by atoms with Crippen LogP contribution in [0.1, 0.15) is 37.8 Å². The van der Waals surface area contributed by atoms with E-state index < -0.39 is 17.3 Å². The Morgan fingerprint density at radius 2 is 1.85 bits per heavy atom. The van der Waals surface area contributed by atoms with Crippen molar-refractivity contribution in [1.82, 2.24) is 4.98 Å². The first-order valence-corrected chi connectivity index (χ1v) is 9.27. The van der Waals surface area contributed by atoms with Crippen LogP contribution in [0.4, 0.5) is 13.2 Å². The summed E-state index contributed by atoms with van der Waals surface area (Å²) in [7, 11) is 0. The minimum absolute atomic E-state index is 0.116. The van der Waals surface area contributed by atoms with E-state index in [1.165, 1.54) is 11.8 Å². The van der Waals surface area contributed by atoms with Gasteiger partial charge in [0.05, 0.1) is 23.4 Å². The molecular weight excluding hydrogens is 361 g/mol. The van der Waals surface area contributed by atoms with Crippen molar-refractivity contribution in [3.05, 3.63) is 41.5 Å². The molecular formula is C19H19F3N2OS. The number of nitrogens with zero attached hydrogens (tertiary/aromatic N) is 2. The molecule has 138 valence electrons. The highest BCUT2D eigenvalue weighted by Gasteiger charge is 2.36. The number of thioether (sulfide) groups is 1. The quantitative estimate of drug-likeness (QED) is 0.559. The monoisotopic (exact) mass is 380 g/mol. The summed E-state index contributed by atoms with van der Waals surface area (Å²) < 4.78 is 45.8. The van der Waals surface area contributed by atoms with Crippen molar-refractivity contribution in [1.29, 1.82) is 5.26 Å². The van der Waals surface area contributed by atoms with Gasteiger partial charge in [-0.3, -0.25) is 0 Å². The first-order valence-electron chi connectivity index (χ1n) is 8.29. The van der Waals surface area contributed by atoms with Crippen molar-refractivity contribution in [2.75, 3.05) is 12.4 Å². The van der Waals surface area contributed by atoms with Gasteiger partial charge in [-0.25, -0.2) is 4.98 Å². The largest absolute Gasteiger partial charge is 0.494 e. The molecule has 1 aromatic heterocycles. The molecule has 0 radical (unpaired) electrons. The van der Waals surface area contributed by atoms with E-state index in [0.717, 1.165) is 18.9 Å². The van der Waals surface area contributed by atoms with E-state index in [9.17, 15) is 18.4 Å². The second kappa shape index (κ2) is 8.95.